The van der Waals surface area contributed by atoms with Gasteiger partial charge in [0.05, 0.1) is 0 Å². The Labute approximate surface area is 144 Å². The van der Waals surface area contributed by atoms with Gasteiger partial charge in [0.2, 0.25) is 0 Å². The third-order valence-electron chi connectivity index (χ3n) is 3.65. The van der Waals surface area contributed by atoms with E-state index in [1.165, 1.54) is 0 Å². The van der Waals surface area contributed by atoms with Gasteiger partial charge in [0.15, 0.2) is 0 Å². The summed E-state index contributed by atoms with van der Waals surface area (Å²) in [5, 5.41) is 6.44. The monoisotopic (exact) mass is 325 g/mol. The quantitative estimate of drug-likeness (QED) is 0.844. The molecule has 0 heterocycles. The van der Waals surface area contributed by atoms with Gasteiger partial charge in [-0.05, 0) is 71.3 Å². The second-order valence-electron chi connectivity index (χ2n) is 7.14. The molecule has 0 bridgehead atoms. The molecule has 2 aromatic carbocycles. The number of anilines is 2. The van der Waals surface area contributed by atoms with Crippen molar-refractivity contribution in [2.75, 3.05) is 31.3 Å². The fourth-order valence-corrected chi connectivity index (χ4v) is 2.77. The Balaban J connectivity index is 1.99. The van der Waals surface area contributed by atoms with Crippen molar-refractivity contribution >= 4 is 17.3 Å². The van der Waals surface area contributed by atoms with Crippen LogP contribution >= 0.6 is 0 Å². The average Bonchev–Trinajstić information content (AvgIpc) is 2.48. The Morgan fingerprint density at radius 1 is 0.958 bits per heavy atom. The molecule has 0 saturated carbocycles. The molecule has 2 aromatic rings. The van der Waals surface area contributed by atoms with Crippen molar-refractivity contribution in [3.05, 3.63) is 59.7 Å². The molecule has 0 aromatic heterocycles. The predicted octanol–water partition coefficient (Wildman–Crippen LogP) is 4.00. The van der Waals surface area contributed by atoms with E-state index >= 15 is 0 Å². The van der Waals surface area contributed by atoms with Crippen LogP contribution in [0.25, 0.3) is 0 Å². The lowest BCUT2D eigenvalue weighted by Crippen LogP contribution is -2.41. The van der Waals surface area contributed by atoms with E-state index in [0.717, 1.165) is 23.5 Å². The van der Waals surface area contributed by atoms with Gasteiger partial charge in [0.25, 0.3) is 5.91 Å². The number of hydrogen-bond acceptors (Lipinski definition) is 3. The van der Waals surface area contributed by atoms with Gasteiger partial charge in [-0.2, -0.15) is 0 Å². The molecule has 24 heavy (non-hydrogen) atoms. The third-order valence-corrected chi connectivity index (χ3v) is 3.65. The minimum atomic E-state index is -0.0938. The summed E-state index contributed by atoms with van der Waals surface area (Å²) in [6, 6.07) is 15.4. The molecule has 0 aliphatic rings. The number of carbonyl (C=O) groups excluding carboxylic acids is 1. The number of nitrogens with one attached hydrogen (secondary N) is 2. The molecule has 1 amide bonds. The molecule has 0 atom stereocenters. The lowest BCUT2D eigenvalue weighted by molar-refractivity contribution is 0.102. The maximum absolute atomic E-state index is 12.2. The summed E-state index contributed by atoms with van der Waals surface area (Å²) in [6.07, 6.45) is 0. The van der Waals surface area contributed by atoms with E-state index in [2.05, 4.69) is 43.5 Å². The molecule has 0 radical (unpaired) electrons. The zero-order chi connectivity index (χ0) is 17.7. The van der Waals surface area contributed by atoms with E-state index in [1.54, 1.807) is 0 Å². The number of carbonyl (C=O) groups is 1. The number of rotatable bonds is 6. The Bertz CT molecular complexity index is 673. The Morgan fingerprint density at radius 3 is 2.04 bits per heavy atom. The first-order chi connectivity index (χ1) is 11.2. The second-order valence-corrected chi connectivity index (χ2v) is 7.14. The molecule has 0 spiro atoms. The number of nitrogens with zero attached hydrogens (tertiary/aromatic N) is 1. The van der Waals surface area contributed by atoms with Crippen molar-refractivity contribution in [3.8, 4) is 0 Å². The van der Waals surface area contributed by atoms with Crippen LogP contribution in [0, 0.1) is 6.92 Å². The molecule has 0 unspecified atom stereocenters. The molecule has 2 N–H and O–H groups in total. The van der Waals surface area contributed by atoms with Crippen molar-refractivity contribution in [2.24, 2.45) is 0 Å². The van der Waals surface area contributed by atoms with Gasteiger partial charge in [-0.3, -0.25) is 4.79 Å². The van der Waals surface area contributed by atoms with Crippen LogP contribution in [-0.2, 0) is 0 Å². The highest BCUT2D eigenvalue weighted by atomic mass is 16.1. The second kappa shape index (κ2) is 7.49. The molecular weight excluding hydrogens is 298 g/mol. The van der Waals surface area contributed by atoms with E-state index in [9.17, 15) is 4.79 Å². The fraction of sp³-hybridized carbons (Fsp3) is 0.350. The highest BCUT2D eigenvalue weighted by molar-refractivity contribution is 6.04. The van der Waals surface area contributed by atoms with E-state index < -0.39 is 0 Å². The first-order valence-corrected chi connectivity index (χ1v) is 8.16. The summed E-state index contributed by atoms with van der Waals surface area (Å²) in [5.74, 6) is -0.0938. The van der Waals surface area contributed by atoms with Crippen molar-refractivity contribution in [3.63, 3.8) is 0 Å². The first-order valence-electron chi connectivity index (χ1n) is 8.16. The summed E-state index contributed by atoms with van der Waals surface area (Å²) < 4.78 is 0. The number of aryl methyl sites for hydroxylation is 1. The predicted molar refractivity (Wildman–Crippen MR) is 102 cm³/mol. The van der Waals surface area contributed by atoms with E-state index in [4.69, 9.17) is 0 Å². The standard InChI is InChI=1S/C20H27N3O/c1-15-6-8-16(9-7-15)19(24)21-17-10-12-18(13-11-17)22-20(2,3)14-23(4)5/h6-13,22H,14H2,1-5H3,(H,21,24). The van der Waals surface area contributed by atoms with Crippen molar-refractivity contribution in [1.82, 2.24) is 4.90 Å². The minimum absolute atomic E-state index is 0.0316. The molecule has 0 fully saturated rings. The summed E-state index contributed by atoms with van der Waals surface area (Å²) in [7, 11) is 4.13. The fourth-order valence-electron chi connectivity index (χ4n) is 2.77. The lowest BCUT2D eigenvalue weighted by Gasteiger charge is -2.30. The van der Waals surface area contributed by atoms with E-state index in [1.807, 2.05) is 55.5 Å². The summed E-state index contributed by atoms with van der Waals surface area (Å²) >= 11 is 0. The molecule has 2 rings (SSSR count). The van der Waals surface area contributed by atoms with Crippen LogP contribution in [0.1, 0.15) is 29.8 Å². The van der Waals surface area contributed by atoms with Crippen LogP contribution in [0.5, 0.6) is 0 Å². The van der Waals surface area contributed by atoms with Crippen molar-refractivity contribution in [2.45, 2.75) is 26.3 Å². The summed E-state index contributed by atoms with van der Waals surface area (Å²) in [6.45, 7) is 7.27. The zero-order valence-electron chi connectivity index (χ0n) is 15.2. The van der Waals surface area contributed by atoms with Crippen LogP contribution < -0.4 is 10.6 Å². The average molecular weight is 325 g/mol. The topological polar surface area (TPSA) is 44.4 Å². The Morgan fingerprint density at radius 2 is 1.50 bits per heavy atom. The normalized spacial score (nSPS) is 11.4. The molecule has 0 saturated heterocycles. The molecular formula is C20H27N3O. The van der Waals surface area contributed by atoms with Gasteiger partial charge in [-0.15, -0.1) is 0 Å². The van der Waals surface area contributed by atoms with Gasteiger partial charge in [0, 0.05) is 29.0 Å². The first kappa shape index (κ1) is 18.0. The third kappa shape index (κ3) is 5.39. The molecule has 0 aliphatic heterocycles. The summed E-state index contributed by atoms with van der Waals surface area (Å²) in [5.41, 5.74) is 3.60. The number of likely N-dealkylation sites (N-methyl/N-ethyl adjacent to an activating group) is 1. The van der Waals surface area contributed by atoms with Gasteiger partial charge in [0.1, 0.15) is 0 Å². The van der Waals surface area contributed by atoms with Crippen LogP contribution in [-0.4, -0.2) is 37.0 Å². The van der Waals surface area contributed by atoms with E-state index in [-0.39, 0.29) is 11.4 Å². The highest BCUT2D eigenvalue weighted by Gasteiger charge is 2.18. The highest BCUT2D eigenvalue weighted by Crippen LogP contribution is 2.19. The number of amides is 1. The summed E-state index contributed by atoms with van der Waals surface area (Å²) in [4.78, 5) is 14.4. The van der Waals surface area contributed by atoms with Gasteiger partial charge in [-0.25, -0.2) is 0 Å². The van der Waals surface area contributed by atoms with Crippen molar-refractivity contribution < 1.29 is 4.79 Å². The van der Waals surface area contributed by atoms with Gasteiger partial charge < -0.3 is 15.5 Å². The SMILES string of the molecule is Cc1ccc(C(=O)Nc2ccc(NC(C)(C)CN(C)C)cc2)cc1. The van der Waals surface area contributed by atoms with Crippen LogP contribution in [0.4, 0.5) is 11.4 Å². The zero-order valence-corrected chi connectivity index (χ0v) is 15.2. The molecule has 4 nitrogen and oxygen atoms in total. The van der Waals surface area contributed by atoms with Crippen LogP contribution in [0.15, 0.2) is 48.5 Å². The minimum Gasteiger partial charge on any atom is -0.379 e. The molecule has 0 aliphatic carbocycles. The maximum Gasteiger partial charge on any atom is 0.255 e. The smallest absolute Gasteiger partial charge is 0.255 e. The van der Waals surface area contributed by atoms with Crippen LogP contribution in [0.2, 0.25) is 0 Å². The lowest BCUT2D eigenvalue weighted by atomic mass is 10.0. The van der Waals surface area contributed by atoms with Gasteiger partial charge in [-0.1, -0.05) is 17.7 Å². The van der Waals surface area contributed by atoms with Crippen LogP contribution in [0.3, 0.4) is 0 Å². The number of hydrogen-bond donors (Lipinski definition) is 2. The van der Waals surface area contributed by atoms with Gasteiger partial charge >= 0.3 is 0 Å². The van der Waals surface area contributed by atoms with E-state index in [0.29, 0.717) is 5.56 Å². The largest absolute Gasteiger partial charge is 0.379 e. The maximum atomic E-state index is 12.2. The number of benzene rings is 2. The Kier molecular flexibility index (Phi) is 5.62. The van der Waals surface area contributed by atoms with Crippen molar-refractivity contribution in [1.29, 1.82) is 0 Å². The molecule has 128 valence electrons. The molecule has 4 heteroatoms. The Hall–Kier alpha value is -2.33.